The largest absolute Gasteiger partial charge is 0.480 e. The van der Waals surface area contributed by atoms with Gasteiger partial charge in [-0.25, -0.2) is 13.6 Å². The van der Waals surface area contributed by atoms with Crippen LogP contribution < -0.4 is 10.2 Å². The highest BCUT2D eigenvalue weighted by Crippen LogP contribution is 2.35. The van der Waals surface area contributed by atoms with Crippen LogP contribution in [0.1, 0.15) is 15.9 Å². The molecular weight excluding hydrogens is 500 g/mol. The average Bonchev–Trinajstić information content (AvgIpc) is 2.91. The third-order valence-corrected chi connectivity index (χ3v) is 6.75. The van der Waals surface area contributed by atoms with Gasteiger partial charge in [0.25, 0.3) is 5.91 Å². The Kier molecular flexibility index (Phi) is 6.94. The number of carboxylic acid groups (broad SMARTS) is 1. The number of fused-ring (bicyclic) bond motifs is 2. The predicted molar refractivity (Wildman–Crippen MR) is 148 cm³/mol. The lowest BCUT2D eigenvalue weighted by atomic mass is 9.93. The first-order valence-electron chi connectivity index (χ1n) is 12.3. The Balaban J connectivity index is 1.53. The number of carbonyl (C=O) groups excluding carboxylic acids is 1. The van der Waals surface area contributed by atoms with Crippen LogP contribution >= 0.6 is 0 Å². The van der Waals surface area contributed by atoms with Crippen molar-refractivity contribution < 1.29 is 23.5 Å². The van der Waals surface area contributed by atoms with Crippen LogP contribution in [0.2, 0.25) is 0 Å². The smallest absolute Gasteiger partial charge is 0.326 e. The maximum atomic E-state index is 14.1. The predicted octanol–water partition coefficient (Wildman–Crippen LogP) is 5.82. The minimum absolute atomic E-state index is 0.0902. The summed E-state index contributed by atoms with van der Waals surface area (Å²) in [7, 11) is 3.96. The van der Waals surface area contributed by atoms with E-state index in [-0.39, 0.29) is 6.42 Å². The highest BCUT2D eigenvalue weighted by Gasteiger charge is 2.25. The fourth-order valence-corrected chi connectivity index (χ4v) is 4.78. The van der Waals surface area contributed by atoms with Gasteiger partial charge in [-0.15, -0.1) is 0 Å². The van der Waals surface area contributed by atoms with Gasteiger partial charge in [0.05, 0.1) is 5.69 Å². The number of nitrogens with one attached hydrogen (secondary N) is 1. The van der Waals surface area contributed by atoms with Crippen LogP contribution in [0.15, 0.2) is 85.1 Å². The molecule has 0 aliphatic heterocycles. The van der Waals surface area contributed by atoms with Crippen LogP contribution in [0.5, 0.6) is 0 Å². The number of pyridine rings is 1. The summed E-state index contributed by atoms with van der Waals surface area (Å²) in [5.41, 5.74) is 2.58. The highest BCUT2D eigenvalue weighted by atomic mass is 19.1. The first kappa shape index (κ1) is 25.8. The summed E-state index contributed by atoms with van der Waals surface area (Å²) < 4.78 is 28.2. The minimum atomic E-state index is -1.41. The monoisotopic (exact) mass is 525 g/mol. The van der Waals surface area contributed by atoms with Crippen LogP contribution in [0.4, 0.5) is 14.5 Å². The average molecular weight is 526 g/mol. The molecule has 0 bridgehead atoms. The van der Waals surface area contributed by atoms with E-state index in [0.29, 0.717) is 5.56 Å². The number of anilines is 1. The number of hydrogen-bond acceptors (Lipinski definition) is 4. The van der Waals surface area contributed by atoms with E-state index in [1.54, 1.807) is 12.3 Å². The van der Waals surface area contributed by atoms with Crippen LogP contribution in [-0.4, -0.2) is 42.1 Å². The molecule has 0 unspecified atom stereocenters. The Morgan fingerprint density at radius 2 is 1.59 bits per heavy atom. The molecule has 2 N–H and O–H groups in total. The van der Waals surface area contributed by atoms with E-state index >= 15 is 0 Å². The second-order valence-electron chi connectivity index (χ2n) is 9.44. The summed E-state index contributed by atoms with van der Waals surface area (Å²) in [6.45, 7) is 0. The number of nitrogens with zero attached hydrogens (tertiary/aromatic N) is 2. The van der Waals surface area contributed by atoms with E-state index in [0.717, 1.165) is 56.7 Å². The van der Waals surface area contributed by atoms with Crippen molar-refractivity contribution in [3.05, 3.63) is 108 Å². The molecule has 1 atom stereocenters. The number of amides is 1. The summed E-state index contributed by atoms with van der Waals surface area (Å²) in [4.78, 5) is 31.4. The van der Waals surface area contributed by atoms with Crippen molar-refractivity contribution in [1.29, 1.82) is 0 Å². The number of carbonyl (C=O) groups is 2. The van der Waals surface area contributed by atoms with Gasteiger partial charge < -0.3 is 15.3 Å². The van der Waals surface area contributed by atoms with Crippen LogP contribution in [0, 0.1) is 11.6 Å². The lowest BCUT2D eigenvalue weighted by Gasteiger charge is -2.18. The van der Waals surface area contributed by atoms with Crippen LogP contribution in [0.3, 0.4) is 0 Å². The molecule has 0 radical (unpaired) electrons. The molecule has 1 heterocycles. The Morgan fingerprint density at radius 1 is 0.897 bits per heavy atom. The molecule has 1 amide bonds. The zero-order chi connectivity index (χ0) is 27.7. The SMILES string of the molecule is CN(C)c1ccc2c(-c3cccc4c(C[C@H](NC(=O)c5c(F)cccc5F)C(=O)O)cccc34)nccc2c1. The number of benzene rings is 4. The minimum Gasteiger partial charge on any atom is -0.480 e. The molecule has 0 aliphatic rings. The number of aromatic nitrogens is 1. The van der Waals surface area contributed by atoms with E-state index in [2.05, 4.69) is 16.4 Å². The molecule has 0 aliphatic carbocycles. The van der Waals surface area contributed by atoms with Crippen LogP contribution in [0.25, 0.3) is 32.8 Å². The standard InChI is InChI=1S/C31H25F2N3O3/c1-36(2)20-12-13-22-19(16-20)14-15-34-29(22)24-9-4-7-21-18(6-3-8-23(21)24)17-27(31(38)39)35-30(37)28-25(32)10-5-11-26(28)33/h3-16,27H,17H2,1-2H3,(H,35,37)(H,38,39)/t27-/m0/s1. The van der Waals surface area contributed by atoms with Crippen LogP contribution in [-0.2, 0) is 11.2 Å². The van der Waals surface area contributed by atoms with Gasteiger partial charge in [-0.3, -0.25) is 9.78 Å². The molecule has 1 aromatic heterocycles. The van der Waals surface area contributed by atoms with Gasteiger partial charge in [-0.2, -0.15) is 0 Å². The number of carboxylic acids is 1. The van der Waals surface area contributed by atoms with Crippen molar-refractivity contribution in [3.8, 4) is 11.3 Å². The Morgan fingerprint density at radius 3 is 2.31 bits per heavy atom. The number of aliphatic carboxylic acids is 1. The second kappa shape index (κ2) is 10.5. The topological polar surface area (TPSA) is 82.5 Å². The molecule has 8 heteroatoms. The molecule has 39 heavy (non-hydrogen) atoms. The van der Waals surface area contributed by atoms with E-state index < -0.39 is 35.1 Å². The Labute approximate surface area is 223 Å². The van der Waals surface area contributed by atoms with Gasteiger partial charge in [0.1, 0.15) is 23.2 Å². The quantitative estimate of drug-likeness (QED) is 0.280. The van der Waals surface area contributed by atoms with Gasteiger partial charge in [0, 0.05) is 43.4 Å². The van der Waals surface area contributed by atoms with Crippen molar-refractivity contribution in [1.82, 2.24) is 10.3 Å². The third kappa shape index (κ3) is 5.01. The molecule has 6 nitrogen and oxygen atoms in total. The molecular formula is C31H25F2N3O3. The zero-order valence-corrected chi connectivity index (χ0v) is 21.3. The van der Waals surface area contributed by atoms with E-state index in [1.165, 1.54) is 0 Å². The number of halogens is 2. The highest BCUT2D eigenvalue weighted by molar-refractivity contribution is 6.05. The molecule has 4 aromatic carbocycles. The summed E-state index contributed by atoms with van der Waals surface area (Å²) in [6.07, 6.45) is 1.67. The molecule has 0 fully saturated rings. The summed E-state index contributed by atoms with van der Waals surface area (Å²) in [5.74, 6) is -4.57. The summed E-state index contributed by atoms with van der Waals surface area (Å²) in [5, 5.41) is 15.8. The fraction of sp³-hybridized carbons (Fsp3) is 0.129. The zero-order valence-electron chi connectivity index (χ0n) is 21.3. The summed E-state index contributed by atoms with van der Waals surface area (Å²) >= 11 is 0. The van der Waals surface area contributed by atoms with Gasteiger partial charge >= 0.3 is 5.97 Å². The molecule has 196 valence electrons. The molecule has 0 saturated carbocycles. The number of hydrogen-bond donors (Lipinski definition) is 2. The third-order valence-electron chi connectivity index (χ3n) is 6.75. The Hall–Kier alpha value is -4.85. The van der Waals surface area contributed by atoms with Crippen molar-refractivity contribution in [2.75, 3.05) is 19.0 Å². The van der Waals surface area contributed by atoms with Crippen molar-refractivity contribution >= 4 is 39.1 Å². The van der Waals surface area contributed by atoms with Crippen molar-refractivity contribution in [3.63, 3.8) is 0 Å². The molecule has 0 saturated heterocycles. The maximum absolute atomic E-state index is 14.1. The lowest BCUT2D eigenvalue weighted by Crippen LogP contribution is -2.43. The van der Waals surface area contributed by atoms with Gasteiger partial charge in [-0.1, -0.05) is 48.5 Å². The molecule has 0 spiro atoms. The summed E-state index contributed by atoms with van der Waals surface area (Å²) in [6, 6.07) is 21.0. The van der Waals surface area contributed by atoms with Crippen molar-refractivity contribution in [2.45, 2.75) is 12.5 Å². The number of rotatable bonds is 7. The van der Waals surface area contributed by atoms with Gasteiger partial charge in [0.15, 0.2) is 0 Å². The van der Waals surface area contributed by atoms with E-state index in [9.17, 15) is 23.5 Å². The first-order chi connectivity index (χ1) is 18.7. The van der Waals surface area contributed by atoms with Crippen molar-refractivity contribution in [2.24, 2.45) is 0 Å². The lowest BCUT2D eigenvalue weighted by molar-refractivity contribution is -0.139. The fourth-order valence-electron chi connectivity index (χ4n) is 4.78. The molecule has 5 aromatic rings. The normalized spacial score (nSPS) is 11.9. The Bertz CT molecular complexity index is 1720. The molecule has 5 rings (SSSR count). The second-order valence-corrected chi connectivity index (χ2v) is 9.44. The maximum Gasteiger partial charge on any atom is 0.326 e. The first-order valence-corrected chi connectivity index (χ1v) is 12.3. The van der Waals surface area contributed by atoms with Gasteiger partial charge in [0.2, 0.25) is 0 Å². The van der Waals surface area contributed by atoms with E-state index in [1.807, 2.05) is 67.5 Å². The van der Waals surface area contributed by atoms with Gasteiger partial charge in [-0.05, 0) is 52.1 Å². The van der Waals surface area contributed by atoms with E-state index in [4.69, 9.17) is 0 Å².